The fourth-order valence-corrected chi connectivity index (χ4v) is 3.65. The van der Waals surface area contributed by atoms with Crippen molar-refractivity contribution >= 4 is 29.7 Å². The van der Waals surface area contributed by atoms with Crippen molar-refractivity contribution in [2.45, 2.75) is 76.7 Å². The zero-order chi connectivity index (χ0) is 29.7. The van der Waals surface area contributed by atoms with Crippen LogP contribution < -0.4 is 33.2 Å². The van der Waals surface area contributed by atoms with Gasteiger partial charge in [0.1, 0.15) is 17.8 Å². The number of phenols is 1. The number of aliphatic hydroxyl groups is 1. The number of carbonyl (C=O) groups excluding carboxylic acids is 3. The molecule has 3 amide bonds. The molecule has 0 spiro atoms. The quantitative estimate of drug-likeness (QED) is 0.0638. The summed E-state index contributed by atoms with van der Waals surface area (Å²) in [5, 5.41) is 35.9. The predicted molar refractivity (Wildman–Crippen MR) is 144 cm³/mol. The Labute approximate surface area is 227 Å². The Morgan fingerprint density at radius 2 is 1.49 bits per heavy atom. The second-order valence-electron chi connectivity index (χ2n) is 9.74. The molecule has 0 saturated carbocycles. The standard InChI is InChI=1S/C25H41N7O7/c1-13(2)11-19(23(37)32-20(14(3)33)24(38)39)31-22(36)18(5-4-10-29-25(27)28)30-21(35)17(26)12-15-6-8-16(34)9-7-15/h6-9,13-14,17-20,33-34H,4-5,10-12,26H2,1-3H3,(H,30,35)(H,31,36)(H,32,37)(H,38,39)(H4,27,28,29). The van der Waals surface area contributed by atoms with E-state index < -0.39 is 54.0 Å². The fourth-order valence-electron chi connectivity index (χ4n) is 3.65. The van der Waals surface area contributed by atoms with E-state index in [0.717, 1.165) is 0 Å². The van der Waals surface area contributed by atoms with Gasteiger partial charge < -0.3 is 48.5 Å². The predicted octanol–water partition coefficient (Wildman–Crippen LogP) is -1.72. The number of aromatic hydroxyl groups is 1. The summed E-state index contributed by atoms with van der Waals surface area (Å²) in [5.41, 5.74) is 17.4. The van der Waals surface area contributed by atoms with Gasteiger partial charge in [0.15, 0.2) is 12.0 Å². The van der Waals surface area contributed by atoms with Gasteiger partial charge in [-0.2, -0.15) is 0 Å². The topological polar surface area (TPSA) is 255 Å². The van der Waals surface area contributed by atoms with Crippen molar-refractivity contribution in [3.05, 3.63) is 29.8 Å². The lowest BCUT2D eigenvalue weighted by molar-refractivity contribution is -0.145. The maximum atomic E-state index is 13.2. The molecule has 1 aromatic rings. The van der Waals surface area contributed by atoms with Gasteiger partial charge >= 0.3 is 5.97 Å². The van der Waals surface area contributed by atoms with E-state index in [9.17, 15) is 34.5 Å². The molecular weight excluding hydrogens is 510 g/mol. The van der Waals surface area contributed by atoms with E-state index in [-0.39, 0.29) is 43.4 Å². The second kappa shape index (κ2) is 16.1. The van der Waals surface area contributed by atoms with Gasteiger partial charge in [-0.3, -0.25) is 19.4 Å². The molecule has 5 unspecified atom stereocenters. The molecule has 218 valence electrons. The minimum atomic E-state index is -1.57. The molecule has 0 aromatic heterocycles. The van der Waals surface area contributed by atoms with Crippen LogP contribution in [0.25, 0.3) is 0 Å². The van der Waals surface area contributed by atoms with Gasteiger partial charge in [-0.25, -0.2) is 4.79 Å². The molecule has 0 saturated heterocycles. The van der Waals surface area contributed by atoms with Gasteiger partial charge in [-0.1, -0.05) is 26.0 Å². The van der Waals surface area contributed by atoms with Gasteiger partial charge in [0, 0.05) is 6.54 Å². The van der Waals surface area contributed by atoms with Crippen LogP contribution in [0.15, 0.2) is 29.3 Å². The Bertz CT molecular complexity index is 995. The number of benzene rings is 1. The molecule has 14 heteroatoms. The molecule has 1 rings (SSSR count). The highest BCUT2D eigenvalue weighted by Crippen LogP contribution is 2.12. The van der Waals surface area contributed by atoms with Crippen molar-refractivity contribution in [1.29, 1.82) is 0 Å². The first-order valence-electron chi connectivity index (χ1n) is 12.6. The van der Waals surface area contributed by atoms with E-state index >= 15 is 0 Å². The lowest BCUT2D eigenvalue weighted by Gasteiger charge is -2.26. The number of aliphatic hydroxyl groups excluding tert-OH is 1. The third-order valence-corrected chi connectivity index (χ3v) is 5.69. The first kappa shape index (κ1) is 33.1. The van der Waals surface area contributed by atoms with E-state index in [1.807, 2.05) is 13.8 Å². The number of nitrogens with one attached hydrogen (secondary N) is 3. The lowest BCUT2D eigenvalue weighted by Crippen LogP contribution is -2.58. The van der Waals surface area contributed by atoms with Crippen molar-refractivity contribution in [1.82, 2.24) is 16.0 Å². The lowest BCUT2D eigenvalue weighted by atomic mass is 10.0. The maximum Gasteiger partial charge on any atom is 0.328 e. The van der Waals surface area contributed by atoms with Gasteiger partial charge in [0.2, 0.25) is 17.7 Å². The number of carboxylic acids is 1. The number of aliphatic carboxylic acids is 1. The molecule has 0 aliphatic carbocycles. The molecular formula is C25H41N7O7. The van der Waals surface area contributed by atoms with Crippen LogP contribution in [0.3, 0.4) is 0 Å². The molecule has 5 atom stereocenters. The number of hydrogen-bond donors (Lipinski definition) is 9. The smallest absolute Gasteiger partial charge is 0.328 e. The first-order chi connectivity index (χ1) is 18.2. The molecule has 0 aliphatic heterocycles. The zero-order valence-electron chi connectivity index (χ0n) is 22.5. The van der Waals surface area contributed by atoms with Crippen molar-refractivity contribution in [3.63, 3.8) is 0 Å². The molecule has 14 nitrogen and oxygen atoms in total. The average molecular weight is 552 g/mol. The highest BCUT2D eigenvalue weighted by molar-refractivity contribution is 5.94. The molecule has 0 heterocycles. The van der Waals surface area contributed by atoms with E-state index in [1.165, 1.54) is 19.1 Å². The number of nitrogens with zero attached hydrogens (tertiary/aromatic N) is 1. The summed E-state index contributed by atoms with van der Waals surface area (Å²) in [6, 6.07) is 1.34. The average Bonchev–Trinajstić information content (AvgIpc) is 2.84. The summed E-state index contributed by atoms with van der Waals surface area (Å²) in [5.74, 6) is -3.65. The SMILES string of the molecule is CC(C)CC(NC(=O)C(CCCN=C(N)N)NC(=O)C(N)Cc1ccc(O)cc1)C(=O)NC(C(=O)O)C(C)O. The Balaban J connectivity index is 3.04. The second-order valence-corrected chi connectivity index (χ2v) is 9.74. The number of nitrogens with two attached hydrogens (primary N) is 3. The summed E-state index contributed by atoms with van der Waals surface area (Å²) in [4.78, 5) is 54.3. The Morgan fingerprint density at radius 1 is 0.923 bits per heavy atom. The van der Waals surface area contributed by atoms with Crippen LogP contribution in [0.1, 0.15) is 45.6 Å². The van der Waals surface area contributed by atoms with Crippen LogP contribution in [0.2, 0.25) is 0 Å². The van der Waals surface area contributed by atoms with Crippen LogP contribution in [0, 0.1) is 5.92 Å². The minimum Gasteiger partial charge on any atom is -0.508 e. The van der Waals surface area contributed by atoms with E-state index in [0.29, 0.717) is 12.0 Å². The molecule has 0 aliphatic rings. The zero-order valence-corrected chi connectivity index (χ0v) is 22.5. The number of carbonyl (C=O) groups is 4. The molecule has 1 aromatic carbocycles. The van der Waals surface area contributed by atoms with Gasteiger partial charge in [0.25, 0.3) is 0 Å². The number of amides is 3. The number of hydrogen-bond acceptors (Lipinski definition) is 8. The fraction of sp³-hybridized carbons (Fsp3) is 0.560. The summed E-state index contributed by atoms with van der Waals surface area (Å²) >= 11 is 0. The highest BCUT2D eigenvalue weighted by atomic mass is 16.4. The molecule has 0 radical (unpaired) electrons. The largest absolute Gasteiger partial charge is 0.508 e. The van der Waals surface area contributed by atoms with E-state index in [2.05, 4.69) is 20.9 Å². The Hall–Kier alpha value is -3.91. The third kappa shape index (κ3) is 12.5. The summed E-state index contributed by atoms with van der Waals surface area (Å²) in [7, 11) is 0. The number of carboxylic acid groups (broad SMARTS) is 1. The molecule has 0 fully saturated rings. The molecule has 0 bridgehead atoms. The number of aliphatic imine (C=N–C) groups is 1. The van der Waals surface area contributed by atoms with Gasteiger partial charge in [0.05, 0.1) is 12.1 Å². The normalized spacial score (nSPS) is 14.8. The van der Waals surface area contributed by atoms with Gasteiger partial charge in [-0.15, -0.1) is 0 Å². The van der Waals surface area contributed by atoms with Crippen molar-refractivity contribution in [2.24, 2.45) is 28.1 Å². The summed E-state index contributed by atoms with van der Waals surface area (Å²) in [6.07, 6.45) is -0.642. The van der Waals surface area contributed by atoms with Crippen molar-refractivity contribution < 1.29 is 34.5 Å². The minimum absolute atomic E-state index is 0.0653. The van der Waals surface area contributed by atoms with Crippen LogP contribution in [-0.4, -0.2) is 81.8 Å². The number of phenolic OH excluding ortho intramolecular Hbond substituents is 1. The number of guanidine groups is 1. The van der Waals surface area contributed by atoms with E-state index in [1.54, 1.807) is 12.1 Å². The van der Waals surface area contributed by atoms with Gasteiger partial charge in [-0.05, 0) is 56.2 Å². The first-order valence-corrected chi connectivity index (χ1v) is 12.6. The number of rotatable bonds is 16. The maximum absolute atomic E-state index is 13.2. The van der Waals surface area contributed by atoms with Crippen LogP contribution in [0.4, 0.5) is 0 Å². The molecule has 39 heavy (non-hydrogen) atoms. The van der Waals surface area contributed by atoms with E-state index in [4.69, 9.17) is 17.2 Å². The monoisotopic (exact) mass is 551 g/mol. The van der Waals surface area contributed by atoms with Crippen LogP contribution in [0.5, 0.6) is 5.75 Å². The van der Waals surface area contributed by atoms with Crippen LogP contribution >= 0.6 is 0 Å². The summed E-state index contributed by atoms with van der Waals surface area (Å²) < 4.78 is 0. The Morgan fingerprint density at radius 3 is 2.00 bits per heavy atom. The van der Waals surface area contributed by atoms with Crippen molar-refractivity contribution in [3.8, 4) is 5.75 Å². The highest BCUT2D eigenvalue weighted by Gasteiger charge is 2.32. The summed E-state index contributed by atoms with van der Waals surface area (Å²) in [6.45, 7) is 5.03. The van der Waals surface area contributed by atoms with Crippen LogP contribution in [-0.2, 0) is 25.6 Å². The molecule has 12 N–H and O–H groups in total. The van der Waals surface area contributed by atoms with Crippen molar-refractivity contribution in [2.75, 3.05) is 6.54 Å². The third-order valence-electron chi connectivity index (χ3n) is 5.69. The Kier molecular flexibility index (Phi) is 13.7.